The fraction of sp³-hybridized carbons (Fsp3) is 1.00. The number of fused-ring (bicyclic) bond motifs is 5. The minimum atomic E-state index is -2.62. The molecule has 0 aliphatic heterocycles. The van der Waals surface area contributed by atoms with E-state index in [1.54, 1.807) is 0 Å². The Kier molecular flexibility index (Phi) is 10.0. The van der Waals surface area contributed by atoms with E-state index in [0.717, 1.165) is 41.4 Å². The maximum absolute atomic E-state index is 6.41. The third-order valence-corrected chi connectivity index (χ3v) is 16.0. The van der Waals surface area contributed by atoms with Gasteiger partial charge in [0.1, 0.15) is 0 Å². The molecule has 0 spiro atoms. The van der Waals surface area contributed by atoms with E-state index in [1.165, 1.54) is 77.0 Å². The van der Waals surface area contributed by atoms with Gasteiger partial charge in [-0.25, -0.2) is 0 Å². The molecular formula is C33H62O3Si. The van der Waals surface area contributed by atoms with Crippen LogP contribution < -0.4 is 0 Å². The zero-order chi connectivity index (χ0) is 26.8. The van der Waals surface area contributed by atoms with Crippen molar-refractivity contribution in [3.05, 3.63) is 0 Å². The first-order valence-electron chi connectivity index (χ1n) is 16.6. The molecule has 4 fully saturated rings. The molecule has 0 amide bonds. The van der Waals surface area contributed by atoms with E-state index in [9.17, 15) is 0 Å². The van der Waals surface area contributed by atoms with Gasteiger partial charge in [-0.1, -0.05) is 53.9 Å². The van der Waals surface area contributed by atoms with E-state index in [2.05, 4.69) is 55.4 Å². The Hall–Kier alpha value is 0.0969. The Labute approximate surface area is 231 Å². The normalized spacial score (nSPS) is 40.8. The van der Waals surface area contributed by atoms with E-state index in [-0.39, 0.29) is 0 Å². The summed E-state index contributed by atoms with van der Waals surface area (Å²) in [6.45, 7) is 21.3. The van der Waals surface area contributed by atoms with Crippen molar-refractivity contribution in [1.29, 1.82) is 0 Å². The Morgan fingerprint density at radius 1 is 0.730 bits per heavy atom. The average Bonchev–Trinajstić information content (AvgIpc) is 3.21. The molecule has 2 unspecified atom stereocenters. The van der Waals surface area contributed by atoms with Crippen LogP contribution in [0.25, 0.3) is 0 Å². The maximum atomic E-state index is 6.41. The molecule has 4 aliphatic rings. The lowest BCUT2D eigenvalue weighted by atomic mass is 9.44. The molecule has 9 atom stereocenters. The highest BCUT2D eigenvalue weighted by molar-refractivity contribution is 6.62. The molecule has 216 valence electrons. The molecule has 3 nitrogen and oxygen atoms in total. The van der Waals surface area contributed by atoms with Gasteiger partial charge in [-0.15, -0.1) is 0 Å². The first-order valence-corrected chi connectivity index (χ1v) is 18.4. The predicted octanol–water partition coefficient (Wildman–Crippen LogP) is 9.53. The van der Waals surface area contributed by atoms with Gasteiger partial charge < -0.3 is 13.3 Å². The van der Waals surface area contributed by atoms with Crippen molar-refractivity contribution in [2.45, 2.75) is 138 Å². The highest BCUT2D eigenvalue weighted by Crippen LogP contribution is 2.69. The number of rotatable bonds is 12. The summed E-state index contributed by atoms with van der Waals surface area (Å²) in [7, 11) is -2.62. The standard InChI is InChI=1S/C33H62O3Si/c1-9-34-37(35-10-2,36-11-3)27-19-21-32(7)26(23-27)15-16-28-30-18-17-29(25(6)14-12-13-24(4)5)33(30,8)22-20-31(28)32/h24-31H,9-23H2,1-8H3/t25-,26?,27?,28+,29-,30+,31+,32+,33-/m1/s1. The zero-order valence-electron chi connectivity index (χ0n) is 26.0. The summed E-state index contributed by atoms with van der Waals surface area (Å²) < 4.78 is 19.2. The second-order valence-corrected chi connectivity index (χ2v) is 17.5. The molecule has 4 heteroatoms. The Morgan fingerprint density at radius 2 is 1.35 bits per heavy atom. The quantitative estimate of drug-likeness (QED) is 0.233. The molecule has 4 rings (SSSR count). The molecule has 0 radical (unpaired) electrons. The van der Waals surface area contributed by atoms with E-state index in [1.807, 2.05) is 0 Å². The molecule has 0 heterocycles. The van der Waals surface area contributed by atoms with Crippen LogP contribution in [-0.4, -0.2) is 28.6 Å². The smallest absolute Gasteiger partial charge is 0.374 e. The van der Waals surface area contributed by atoms with E-state index in [0.29, 0.717) is 36.2 Å². The van der Waals surface area contributed by atoms with Crippen molar-refractivity contribution in [2.24, 2.45) is 52.3 Å². The number of hydrogen-bond acceptors (Lipinski definition) is 3. The summed E-state index contributed by atoms with van der Waals surface area (Å²) in [5.74, 6) is 6.41. The summed E-state index contributed by atoms with van der Waals surface area (Å²) in [5, 5.41) is 0. The first-order chi connectivity index (χ1) is 17.6. The third-order valence-electron chi connectivity index (χ3n) is 12.4. The predicted molar refractivity (Wildman–Crippen MR) is 157 cm³/mol. The molecule has 4 saturated carbocycles. The molecule has 0 aromatic heterocycles. The number of hydrogen-bond donors (Lipinski definition) is 0. The molecule has 37 heavy (non-hydrogen) atoms. The molecular weight excluding hydrogens is 472 g/mol. The van der Waals surface area contributed by atoms with Gasteiger partial charge in [0.2, 0.25) is 0 Å². The molecule has 0 saturated heterocycles. The van der Waals surface area contributed by atoms with Crippen LogP contribution in [-0.2, 0) is 13.3 Å². The van der Waals surface area contributed by atoms with Crippen LogP contribution in [0.3, 0.4) is 0 Å². The summed E-state index contributed by atoms with van der Waals surface area (Å²) in [4.78, 5) is 0. The van der Waals surface area contributed by atoms with Crippen LogP contribution in [0.5, 0.6) is 0 Å². The maximum Gasteiger partial charge on any atom is 0.504 e. The van der Waals surface area contributed by atoms with Gasteiger partial charge in [0.05, 0.1) is 0 Å². The SMILES string of the molecule is CCO[Si](OCC)(OCC)C1CC[C@@]2(C)C(CC[C@H]3[C@@H]4CC[C@H]([C@H](C)CCCC(C)C)[C@@]4(C)CC[C@@H]32)C1. The Bertz CT molecular complexity index is 709. The van der Waals surface area contributed by atoms with Crippen LogP contribution in [0, 0.1) is 52.3 Å². The fourth-order valence-corrected chi connectivity index (χ4v) is 13.9. The van der Waals surface area contributed by atoms with Gasteiger partial charge in [0.15, 0.2) is 0 Å². The second-order valence-electron chi connectivity index (χ2n) is 14.6. The fourth-order valence-electron chi connectivity index (χ4n) is 10.7. The lowest BCUT2D eigenvalue weighted by Gasteiger charge is -2.62. The molecule has 0 bridgehead atoms. The molecule has 0 N–H and O–H groups in total. The van der Waals surface area contributed by atoms with Crippen LogP contribution in [0.1, 0.15) is 132 Å². The van der Waals surface area contributed by atoms with E-state index in [4.69, 9.17) is 13.3 Å². The van der Waals surface area contributed by atoms with Crippen LogP contribution in [0.2, 0.25) is 5.54 Å². The van der Waals surface area contributed by atoms with Crippen molar-refractivity contribution in [3.8, 4) is 0 Å². The second kappa shape index (κ2) is 12.3. The monoisotopic (exact) mass is 534 g/mol. The first kappa shape index (κ1) is 30.1. The molecule has 0 aromatic rings. The van der Waals surface area contributed by atoms with Crippen molar-refractivity contribution in [1.82, 2.24) is 0 Å². The lowest BCUT2D eigenvalue weighted by Crippen LogP contribution is -2.57. The average molecular weight is 535 g/mol. The van der Waals surface area contributed by atoms with Crippen molar-refractivity contribution < 1.29 is 13.3 Å². The van der Waals surface area contributed by atoms with Crippen LogP contribution in [0.4, 0.5) is 0 Å². The van der Waals surface area contributed by atoms with Crippen molar-refractivity contribution in [3.63, 3.8) is 0 Å². The molecule has 4 aliphatic carbocycles. The van der Waals surface area contributed by atoms with Crippen molar-refractivity contribution >= 4 is 8.80 Å². The van der Waals surface area contributed by atoms with E-state index >= 15 is 0 Å². The van der Waals surface area contributed by atoms with E-state index < -0.39 is 8.80 Å². The Balaban J connectivity index is 1.46. The summed E-state index contributed by atoms with van der Waals surface area (Å²) in [6.07, 6.45) is 17.0. The van der Waals surface area contributed by atoms with Gasteiger partial charge in [-0.3, -0.25) is 0 Å². The van der Waals surface area contributed by atoms with Gasteiger partial charge in [-0.05, 0) is 131 Å². The summed E-state index contributed by atoms with van der Waals surface area (Å²) in [5.41, 5.74) is 1.59. The van der Waals surface area contributed by atoms with Gasteiger partial charge >= 0.3 is 8.80 Å². The summed E-state index contributed by atoms with van der Waals surface area (Å²) in [6, 6.07) is 0. The van der Waals surface area contributed by atoms with Gasteiger partial charge in [0, 0.05) is 25.4 Å². The zero-order valence-corrected chi connectivity index (χ0v) is 27.0. The highest BCUT2D eigenvalue weighted by atomic mass is 28.4. The third kappa shape index (κ3) is 5.66. The Morgan fingerprint density at radius 3 is 1.97 bits per heavy atom. The van der Waals surface area contributed by atoms with Crippen molar-refractivity contribution in [2.75, 3.05) is 19.8 Å². The highest BCUT2D eigenvalue weighted by Gasteiger charge is 2.62. The molecule has 0 aromatic carbocycles. The lowest BCUT2D eigenvalue weighted by molar-refractivity contribution is -0.117. The topological polar surface area (TPSA) is 27.7 Å². The van der Waals surface area contributed by atoms with Crippen LogP contribution in [0.15, 0.2) is 0 Å². The van der Waals surface area contributed by atoms with Gasteiger partial charge in [0.25, 0.3) is 0 Å². The minimum Gasteiger partial charge on any atom is -0.374 e. The summed E-state index contributed by atoms with van der Waals surface area (Å²) >= 11 is 0. The largest absolute Gasteiger partial charge is 0.504 e. The minimum absolute atomic E-state index is 0.485. The van der Waals surface area contributed by atoms with Crippen LogP contribution >= 0.6 is 0 Å². The van der Waals surface area contributed by atoms with Gasteiger partial charge in [-0.2, -0.15) is 0 Å².